The maximum atomic E-state index is 11.3. The first-order chi connectivity index (χ1) is 6.74. The van der Waals surface area contributed by atoms with Crippen LogP contribution in [0.15, 0.2) is 0 Å². The van der Waals surface area contributed by atoms with E-state index < -0.39 is 0 Å². The van der Waals surface area contributed by atoms with Gasteiger partial charge >= 0.3 is 5.97 Å². The van der Waals surface area contributed by atoms with Gasteiger partial charge in [-0.1, -0.05) is 0 Å². The lowest BCUT2D eigenvalue weighted by Gasteiger charge is -2.15. The summed E-state index contributed by atoms with van der Waals surface area (Å²) in [5.41, 5.74) is 0. The average molecular weight is 217 g/mol. The molecule has 0 amide bonds. The largest absolute Gasteiger partial charge is 0.465 e. The minimum atomic E-state index is -0.170. The smallest absolute Gasteiger partial charge is 0.322 e. The predicted octanol–water partition coefficient (Wildman–Crippen LogP) is 1.42. The Kier molecular flexibility index (Phi) is 5.33. The highest BCUT2D eigenvalue weighted by atomic mass is 32.2. The van der Waals surface area contributed by atoms with Gasteiger partial charge in [-0.25, -0.2) is 0 Å². The molecule has 4 heteroatoms. The van der Waals surface area contributed by atoms with Crippen LogP contribution in [-0.2, 0) is 9.53 Å². The van der Waals surface area contributed by atoms with Crippen LogP contribution in [0.3, 0.4) is 0 Å². The second-order valence-electron chi connectivity index (χ2n) is 3.52. The van der Waals surface area contributed by atoms with E-state index in [1.165, 1.54) is 18.6 Å². The summed E-state index contributed by atoms with van der Waals surface area (Å²) in [5.74, 6) is 1.12. The zero-order valence-corrected chi connectivity index (χ0v) is 9.73. The first kappa shape index (κ1) is 11.9. The van der Waals surface area contributed by atoms with E-state index in [1.807, 2.05) is 25.6 Å². The molecule has 0 saturated carbocycles. The van der Waals surface area contributed by atoms with Crippen LogP contribution in [0.25, 0.3) is 0 Å². The molecule has 1 saturated heterocycles. The number of ether oxygens (including phenoxy) is 1. The quantitative estimate of drug-likeness (QED) is 0.707. The molecule has 1 aliphatic heterocycles. The Bertz CT molecular complexity index is 181. The summed E-state index contributed by atoms with van der Waals surface area (Å²) in [5, 5.41) is 3.90. The summed E-state index contributed by atoms with van der Waals surface area (Å²) in [6.07, 6.45) is 2.58. The predicted molar refractivity (Wildman–Crippen MR) is 59.6 cm³/mol. The molecule has 0 aliphatic carbocycles. The van der Waals surface area contributed by atoms with Crippen LogP contribution in [0.4, 0.5) is 0 Å². The van der Waals surface area contributed by atoms with Crippen LogP contribution in [0, 0.1) is 0 Å². The molecule has 2 unspecified atom stereocenters. The van der Waals surface area contributed by atoms with Gasteiger partial charge in [-0.3, -0.25) is 4.79 Å². The van der Waals surface area contributed by atoms with E-state index in [4.69, 9.17) is 4.74 Å². The topological polar surface area (TPSA) is 38.3 Å². The molecule has 1 aliphatic rings. The van der Waals surface area contributed by atoms with Crippen molar-refractivity contribution in [2.45, 2.75) is 38.0 Å². The second kappa shape index (κ2) is 6.30. The molecule has 1 rings (SSSR count). The Labute approximate surface area is 90.0 Å². The Morgan fingerprint density at radius 3 is 3.07 bits per heavy atom. The van der Waals surface area contributed by atoms with Crippen molar-refractivity contribution in [2.75, 3.05) is 18.9 Å². The summed E-state index contributed by atoms with van der Waals surface area (Å²) < 4.78 is 4.91. The van der Waals surface area contributed by atoms with Gasteiger partial charge in [0.25, 0.3) is 0 Å². The Balaban J connectivity index is 2.13. The Morgan fingerprint density at radius 2 is 2.50 bits per heavy atom. The molecule has 1 N–H and O–H groups in total. The SMILES string of the molecule is CCOC(=O)C(C)NCC1CCCS1. The molecular weight excluding hydrogens is 198 g/mol. The number of hydrogen-bond acceptors (Lipinski definition) is 4. The van der Waals surface area contributed by atoms with Crippen LogP contribution in [0.2, 0.25) is 0 Å². The Hall–Kier alpha value is -0.220. The van der Waals surface area contributed by atoms with E-state index >= 15 is 0 Å². The fourth-order valence-corrected chi connectivity index (χ4v) is 2.68. The van der Waals surface area contributed by atoms with Crippen LogP contribution in [-0.4, -0.2) is 36.2 Å². The van der Waals surface area contributed by atoms with Gasteiger partial charge in [0, 0.05) is 11.8 Å². The maximum Gasteiger partial charge on any atom is 0.322 e. The third kappa shape index (κ3) is 3.88. The number of esters is 1. The first-order valence-electron chi connectivity index (χ1n) is 5.25. The van der Waals surface area contributed by atoms with Crippen molar-refractivity contribution in [1.82, 2.24) is 5.32 Å². The summed E-state index contributed by atoms with van der Waals surface area (Å²) in [6.45, 7) is 5.07. The number of carbonyl (C=O) groups is 1. The van der Waals surface area contributed by atoms with Crippen LogP contribution in [0.5, 0.6) is 0 Å². The lowest BCUT2D eigenvalue weighted by atomic mass is 10.2. The second-order valence-corrected chi connectivity index (χ2v) is 4.93. The Morgan fingerprint density at radius 1 is 1.71 bits per heavy atom. The van der Waals surface area contributed by atoms with Gasteiger partial charge in [0.2, 0.25) is 0 Å². The monoisotopic (exact) mass is 217 g/mol. The first-order valence-corrected chi connectivity index (χ1v) is 6.30. The molecule has 2 atom stereocenters. The molecule has 0 spiro atoms. The third-order valence-corrected chi connectivity index (χ3v) is 3.71. The third-order valence-electron chi connectivity index (χ3n) is 2.32. The molecule has 0 radical (unpaired) electrons. The average Bonchev–Trinajstić information content (AvgIpc) is 2.67. The molecular formula is C10H19NO2S. The number of carbonyl (C=O) groups excluding carboxylic acids is 1. The van der Waals surface area contributed by atoms with Gasteiger partial charge in [-0.2, -0.15) is 11.8 Å². The van der Waals surface area contributed by atoms with Gasteiger partial charge in [0.1, 0.15) is 6.04 Å². The van der Waals surface area contributed by atoms with Crippen molar-refractivity contribution in [1.29, 1.82) is 0 Å². The fourth-order valence-electron chi connectivity index (χ4n) is 1.46. The van der Waals surface area contributed by atoms with E-state index in [-0.39, 0.29) is 12.0 Å². The number of thioether (sulfide) groups is 1. The van der Waals surface area contributed by atoms with Gasteiger partial charge in [-0.05, 0) is 32.4 Å². The summed E-state index contributed by atoms with van der Waals surface area (Å²) >= 11 is 1.99. The fraction of sp³-hybridized carbons (Fsp3) is 0.900. The van der Waals surface area contributed by atoms with Gasteiger partial charge in [0.05, 0.1) is 6.61 Å². The van der Waals surface area contributed by atoms with Crippen LogP contribution < -0.4 is 5.32 Å². The highest BCUT2D eigenvalue weighted by molar-refractivity contribution is 8.00. The maximum absolute atomic E-state index is 11.3. The van der Waals surface area contributed by atoms with E-state index in [0.717, 1.165) is 6.54 Å². The lowest BCUT2D eigenvalue weighted by molar-refractivity contribution is -0.145. The van der Waals surface area contributed by atoms with Gasteiger partial charge in [-0.15, -0.1) is 0 Å². The lowest BCUT2D eigenvalue weighted by Crippen LogP contribution is -2.38. The van der Waals surface area contributed by atoms with Crippen LogP contribution >= 0.6 is 11.8 Å². The molecule has 14 heavy (non-hydrogen) atoms. The standard InChI is InChI=1S/C10H19NO2S/c1-3-13-10(12)8(2)11-7-9-5-4-6-14-9/h8-9,11H,3-7H2,1-2H3. The number of nitrogens with one attached hydrogen (secondary N) is 1. The van der Waals surface area contributed by atoms with E-state index in [1.54, 1.807) is 0 Å². The zero-order chi connectivity index (χ0) is 10.4. The number of rotatable bonds is 5. The summed E-state index contributed by atoms with van der Waals surface area (Å²) in [6, 6.07) is -0.170. The number of hydrogen-bond donors (Lipinski definition) is 1. The highest BCUT2D eigenvalue weighted by Gasteiger charge is 2.18. The van der Waals surface area contributed by atoms with E-state index in [2.05, 4.69) is 5.32 Å². The zero-order valence-electron chi connectivity index (χ0n) is 8.91. The summed E-state index contributed by atoms with van der Waals surface area (Å²) in [7, 11) is 0. The van der Waals surface area contributed by atoms with Crippen LogP contribution in [0.1, 0.15) is 26.7 Å². The molecule has 0 bridgehead atoms. The normalized spacial score (nSPS) is 23.4. The molecule has 0 aromatic heterocycles. The molecule has 1 fully saturated rings. The van der Waals surface area contributed by atoms with Crippen molar-refractivity contribution in [3.05, 3.63) is 0 Å². The molecule has 0 aromatic rings. The van der Waals surface area contributed by atoms with Crippen molar-refractivity contribution in [2.24, 2.45) is 0 Å². The van der Waals surface area contributed by atoms with Gasteiger partial charge in [0.15, 0.2) is 0 Å². The van der Waals surface area contributed by atoms with Crippen molar-refractivity contribution in [3.8, 4) is 0 Å². The van der Waals surface area contributed by atoms with E-state index in [9.17, 15) is 4.79 Å². The van der Waals surface area contributed by atoms with Crippen molar-refractivity contribution < 1.29 is 9.53 Å². The van der Waals surface area contributed by atoms with Gasteiger partial charge < -0.3 is 10.1 Å². The molecule has 0 aromatic carbocycles. The van der Waals surface area contributed by atoms with Crippen molar-refractivity contribution in [3.63, 3.8) is 0 Å². The van der Waals surface area contributed by atoms with E-state index in [0.29, 0.717) is 11.9 Å². The molecule has 82 valence electrons. The molecule has 3 nitrogen and oxygen atoms in total. The minimum absolute atomic E-state index is 0.143. The highest BCUT2D eigenvalue weighted by Crippen LogP contribution is 2.25. The minimum Gasteiger partial charge on any atom is -0.465 e. The molecule has 1 heterocycles. The summed E-state index contributed by atoms with van der Waals surface area (Å²) in [4.78, 5) is 11.3. The van der Waals surface area contributed by atoms with Crippen molar-refractivity contribution >= 4 is 17.7 Å².